The van der Waals surface area contributed by atoms with E-state index in [2.05, 4.69) is 15.6 Å². The van der Waals surface area contributed by atoms with Crippen molar-refractivity contribution in [3.05, 3.63) is 30.3 Å². The molecule has 4 heteroatoms. The van der Waals surface area contributed by atoms with Crippen LogP contribution in [0.2, 0.25) is 0 Å². The van der Waals surface area contributed by atoms with Crippen molar-refractivity contribution in [1.29, 1.82) is 0 Å². The molecule has 4 nitrogen and oxygen atoms in total. The number of guanidine groups is 1. The number of rotatable bonds is 5. The second kappa shape index (κ2) is 8.46. The van der Waals surface area contributed by atoms with E-state index >= 15 is 0 Å². The largest absolute Gasteiger partial charge is 0.492 e. The maximum atomic E-state index is 5.65. The minimum absolute atomic E-state index is 0.574. The van der Waals surface area contributed by atoms with Crippen molar-refractivity contribution < 1.29 is 4.74 Å². The summed E-state index contributed by atoms with van der Waals surface area (Å²) in [4.78, 5) is 4.27. The number of para-hydroxylation sites is 1. The quantitative estimate of drug-likeness (QED) is 0.493. The first-order chi connectivity index (χ1) is 9.88. The van der Waals surface area contributed by atoms with E-state index in [-0.39, 0.29) is 0 Å². The van der Waals surface area contributed by atoms with Crippen LogP contribution < -0.4 is 15.4 Å². The molecule has 2 rings (SSSR count). The van der Waals surface area contributed by atoms with Crippen LogP contribution in [0.5, 0.6) is 5.75 Å². The highest BCUT2D eigenvalue weighted by atomic mass is 16.5. The molecule has 0 aromatic heterocycles. The zero-order chi connectivity index (χ0) is 14.0. The number of hydrogen-bond donors (Lipinski definition) is 2. The monoisotopic (exact) mass is 275 g/mol. The van der Waals surface area contributed by atoms with Crippen molar-refractivity contribution in [3.63, 3.8) is 0 Å². The van der Waals surface area contributed by atoms with Gasteiger partial charge >= 0.3 is 0 Å². The highest BCUT2D eigenvalue weighted by Gasteiger charge is 2.14. The lowest BCUT2D eigenvalue weighted by Gasteiger charge is -2.24. The summed E-state index contributed by atoms with van der Waals surface area (Å²) < 4.78 is 5.65. The van der Waals surface area contributed by atoms with Crippen molar-refractivity contribution in [2.24, 2.45) is 4.99 Å². The Morgan fingerprint density at radius 1 is 1.20 bits per heavy atom. The molecule has 1 aromatic carbocycles. The number of ether oxygens (including phenoxy) is 1. The van der Waals surface area contributed by atoms with Gasteiger partial charge in [-0.1, -0.05) is 37.5 Å². The fourth-order valence-electron chi connectivity index (χ4n) is 2.49. The topological polar surface area (TPSA) is 45.7 Å². The summed E-state index contributed by atoms with van der Waals surface area (Å²) in [5.74, 6) is 1.79. The van der Waals surface area contributed by atoms with Crippen LogP contribution in [-0.2, 0) is 0 Å². The Hall–Kier alpha value is -1.71. The fourth-order valence-corrected chi connectivity index (χ4v) is 2.49. The Balaban J connectivity index is 1.63. The average molecular weight is 275 g/mol. The lowest BCUT2D eigenvalue weighted by Crippen LogP contribution is -2.45. The fraction of sp³-hybridized carbons (Fsp3) is 0.562. The molecule has 1 fully saturated rings. The maximum absolute atomic E-state index is 5.65. The summed E-state index contributed by atoms with van der Waals surface area (Å²) in [7, 11) is 1.82. The zero-order valence-corrected chi connectivity index (χ0v) is 12.3. The normalized spacial score (nSPS) is 16.8. The van der Waals surface area contributed by atoms with Gasteiger partial charge in [0.25, 0.3) is 0 Å². The van der Waals surface area contributed by atoms with E-state index in [1.807, 2.05) is 37.4 Å². The van der Waals surface area contributed by atoms with Crippen LogP contribution in [0.3, 0.4) is 0 Å². The molecule has 0 spiro atoms. The molecule has 20 heavy (non-hydrogen) atoms. The zero-order valence-electron chi connectivity index (χ0n) is 12.3. The SMILES string of the molecule is CN=C(NCCOc1ccccc1)NC1CCCCC1. The third kappa shape index (κ3) is 5.11. The first-order valence-electron chi connectivity index (χ1n) is 7.53. The maximum Gasteiger partial charge on any atom is 0.191 e. The number of nitrogens with zero attached hydrogens (tertiary/aromatic N) is 1. The minimum Gasteiger partial charge on any atom is -0.492 e. The minimum atomic E-state index is 0.574. The van der Waals surface area contributed by atoms with E-state index in [1.165, 1.54) is 32.1 Å². The molecule has 0 radical (unpaired) electrons. The Morgan fingerprint density at radius 2 is 1.95 bits per heavy atom. The average Bonchev–Trinajstić information content (AvgIpc) is 2.52. The molecular formula is C16H25N3O. The van der Waals surface area contributed by atoms with Gasteiger partial charge in [0.05, 0.1) is 6.54 Å². The van der Waals surface area contributed by atoms with E-state index in [0.717, 1.165) is 18.3 Å². The van der Waals surface area contributed by atoms with Gasteiger partial charge in [-0.2, -0.15) is 0 Å². The highest BCUT2D eigenvalue weighted by molar-refractivity contribution is 5.79. The molecule has 0 aliphatic heterocycles. The van der Waals surface area contributed by atoms with Gasteiger partial charge in [0.1, 0.15) is 12.4 Å². The molecule has 110 valence electrons. The van der Waals surface area contributed by atoms with Gasteiger partial charge in [-0.15, -0.1) is 0 Å². The third-order valence-electron chi connectivity index (χ3n) is 3.58. The summed E-state index contributed by atoms with van der Waals surface area (Å²) in [5, 5.41) is 6.79. The summed E-state index contributed by atoms with van der Waals surface area (Å²) in [6.45, 7) is 1.39. The van der Waals surface area contributed by atoms with Gasteiger partial charge < -0.3 is 15.4 Å². The molecule has 0 bridgehead atoms. The van der Waals surface area contributed by atoms with E-state index in [1.54, 1.807) is 0 Å². The van der Waals surface area contributed by atoms with Crippen LogP contribution >= 0.6 is 0 Å². The Morgan fingerprint density at radius 3 is 2.65 bits per heavy atom. The molecule has 0 atom stereocenters. The van der Waals surface area contributed by atoms with Gasteiger partial charge in [-0.25, -0.2) is 0 Å². The lowest BCUT2D eigenvalue weighted by molar-refractivity contribution is 0.321. The lowest BCUT2D eigenvalue weighted by atomic mass is 9.96. The first-order valence-corrected chi connectivity index (χ1v) is 7.53. The standard InChI is InChI=1S/C16H25N3O/c1-17-16(19-14-8-4-2-5-9-14)18-12-13-20-15-10-6-3-7-11-15/h3,6-7,10-11,14H,2,4-5,8-9,12-13H2,1H3,(H2,17,18,19). The van der Waals surface area contributed by atoms with Crippen molar-refractivity contribution in [1.82, 2.24) is 10.6 Å². The molecule has 1 saturated carbocycles. The molecule has 1 aliphatic rings. The van der Waals surface area contributed by atoms with Crippen LogP contribution in [0.4, 0.5) is 0 Å². The second-order valence-electron chi connectivity index (χ2n) is 5.14. The van der Waals surface area contributed by atoms with Gasteiger partial charge in [0.2, 0.25) is 0 Å². The van der Waals surface area contributed by atoms with E-state index in [4.69, 9.17) is 4.74 Å². The number of hydrogen-bond acceptors (Lipinski definition) is 2. The van der Waals surface area contributed by atoms with Crippen LogP contribution in [0.1, 0.15) is 32.1 Å². The molecule has 0 amide bonds. The van der Waals surface area contributed by atoms with Gasteiger partial charge in [-0.3, -0.25) is 4.99 Å². The predicted molar refractivity (Wildman–Crippen MR) is 83.3 cm³/mol. The van der Waals surface area contributed by atoms with E-state index in [9.17, 15) is 0 Å². The van der Waals surface area contributed by atoms with E-state index < -0.39 is 0 Å². The van der Waals surface area contributed by atoms with Crippen molar-refractivity contribution in [2.45, 2.75) is 38.1 Å². The number of nitrogens with one attached hydrogen (secondary N) is 2. The molecule has 1 aromatic rings. The van der Waals surface area contributed by atoms with Crippen LogP contribution in [-0.4, -0.2) is 32.2 Å². The summed E-state index contributed by atoms with van der Waals surface area (Å²) in [5.41, 5.74) is 0. The van der Waals surface area contributed by atoms with Crippen molar-refractivity contribution >= 4 is 5.96 Å². The number of benzene rings is 1. The molecule has 0 unspecified atom stereocenters. The van der Waals surface area contributed by atoms with E-state index in [0.29, 0.717) is 12.6 Å². The Bertz CT molecular complexity index is 399. The van der Waals surface area contributed by atoms with Crippen molar-refractivity contribution in [3.8, 4) is 5.75 Å². The Labute approximate surface area is 121 Å². The predicted octanol–water partition coefficient (Wildman–Crippen LogP) is 2.56. The van der Waals surface area contributed by atoms with Gasteiger partial charge in [0, 0.05) is 13.1 Å². The van der Waals surface area contributed by atoms with Gasteiger partial charge in [0.15, 0.2) is 5.96 Å². The smallest absolute Gasteiger partial charge is 0.191 e. The second-order valence-corrected chi connectivity index (χ2v) is 5.14. The van der Waals surface area contributed by atoms with Crippen LogP contribution in [0, 0.1) is 0 Å². The molecule has 0 heterocycles. The molecule has 2 N–H and O–H groups in total. The molecule has 1 aliphatic carbocycles. The summed E-state index contributed by atoms with van der Waals surface area (Å²) >= 11 is 0. The summed E-state index contributed by atoms with van der Waals surface area (Å²) in [6, 6.07) is 10.5. The third-order valence-corrected chi connectivity index (χ3v) is 3.58. The number of aliphatic imine (C=N–C) groups is 1. The first kappa shape index (κ1) is 14.7. The van der Waals surface area contributed by atoms with Crippen LogP contribution in [0.15, 0.2) is 35.3 Å². The molecule has 0 saturated heterocycles. The Kier molecular flexibility index (Phi) is 6.21. The van der Waals surface area contributed by atoms with Crippen LogP contribution in [0.25, 0.3) is 0 Å². The van der Waals surface area contributed by atoms with Gasteiger partial charge in [-0.05, 0) is 25.0 Å². The van der Waals surface area contributed by atoms with Crippen molar-refractivity contribution in [2.75, 3.05) is 20.2 Å². The highest BCUT2D eigenvalue weighted by Crippen LogP contribution is 2.17. The summed E-state index contributed by atoms with van der Waals surface area (Å²) in [6.07, 6.45) is 6.52. The molecular weight excluding hydrogens is 250 g/mol.